The minimum atomic E-state index is -0.302. The normalized spacial score (nSPS) is 10.2. The number of carbonyl (C=O) groups is 1. The summed E-state index contributed by atoms with van der Waals surface area (Å²) in [5.74, 6) is -0.302. The highest BCUT2D eigenvalue weighted by atomic mass is 16.5. The van der Waals surface area contributed by atoms with Gasteiger partial charge in [-0.2, -0.15) is 0 Å². The second-order valence-corrected chi connectivity index (χ2v) is 3.93. The molecular formula is C10H21NO2+. The van der Waals surface area contributed by atoms with Gasteiger partial charge in [0, 0.05) is 5.57 Å². The van der Waals surface area contributed by atoms with Gasteiger partial charge in [0.25, 0.3) is 0 Å². The molecule has 0 bridgehead atoms. The van der Waals surface area contributed by atoms with E-state index in [1.54, 1.807) is 6.92 Å². The third-order valence-electron chi connectivity index (χ3n) is 1.34. The summed E-state index contributed by atoms with van der Waals surface area (Å²) in [5, 5.41) is 0. The standard InChI is InChI=1S/C9H18NO2.CH3/c1-8(2)9(11)12-7-6-10(3,4)5;/h1,6-7H2,2-5H3;1H3/q+1;. The van der Waals surface area contributed by atoms with Crippen LogP contribution in [0.15, 0.2) is 12.2 Å². The molecule has 0 unspecified atom stereocenters. The van der Waals surface area contributed by atoms with E-state index in [1.807, 2.05) is 0 Å². The summed E-state index contributed by atoms with van der Waals surface area (Å²) in [4.78, 5) is 10.9. The van der Waals surface area contributed by atoms with Crippen molar-refractivity contribution in [3.8, 4) is 0 Å². The van der Waals surface area contributed by atoms with Crippen molar-refractivity contribution in [3.63, 3.8) is 0 Å². The molecule has 0 aliphatic carbocycles. The van der Waals surface area contributed by atoms with Gasteiger partial charge in [-0.15, -0.1) is 0 Å². The van der Waals surface area contributed by atoms with E-state index in [0.717, 1.165) is 11.0 Å². The largest absolute Gasteiger partial charge is 0.456 e. The molecule has 0 aliphatic heterocycles. The number of hydrogen-bond donors (Lipinski definition) is 0. The molecule has 0 aromatic heterocycles. The fraction of sp³-hybridized carbons (Fsp3) is 0.600. The van der Waals surface area contributed by atoms with Crippen LogP contribution in [0.3, 0.4) is 0 Å². The highest BCUT2D eigenvalue weighted by Gasteiger charge is 2.09. The van der Waals surface area contributed by atoms with E-state index in [9.17, 15) is 4.79 Å². The summed E-state index contributed by atoms with van der Waals surface area (Å²) in [5.41, 5.74) is 0.455. The van der Waals surface area contributed by atoms with Crippen LogP contribution in [0.5, 0.6) is 0 Å². The predicted octanol–water partition coefficient (Wildman–Crippen LogP) is 1.26. The molecule has 0 aromatic carbocycles. The summed E-state index contributed by atoms with van der Waals surface area (Å²) < 4.78 is 5.72. The fourth-order valence-electron chi connectivity index (χ4n) is 0.535. The van der Waals surface area contributed by atoms with Crippen LogP contribution in [0.4, 0.5) is 0 Å². The predicted molar refractivity (Wildman–Crippen MR) is 55.1 cm³/mol. The van der Waals surface area contributed by atoms with Crippen molar-refractivity contribution in [1.29, 1.82) is 0 Å². The maximum atomic E-state index is 10.9. The number of hydrogen-bond acceptors (Lipinski definition) is 2. The van der Waals surface area contributed by atoms with Crippen LogP contribution in [-0.4, -0.2) is 44.7 Å². The first kappa shape index (κ1) is 14.7. The van der Waals surface area contributed by atoms with Gasteiger partial charge in [0.1, 0.15) is 13.2 Å². The van der Waals surface area contributed by atoms with E-state index >= 15 is 0 Å². The number of quaternary nitrogens is 1. The molecule has 0 saturated heterocycles. The quantitative estimate of drug-likeness (QED) is 0.376. The van der Waals surface area contributed by atoms with Crippen molar-refractivity contribution < 1.29 is 14.0 Å². The zero-order chi connectivity index (χ0) is 9.78. The Kier molecular flexibility index (Phi) is 6.50. The molecule has 0 heterocycles. The van der Waals surface area contributed by atoms with E-state index in [-0.39, 0.29) is 13.4 Å². The van der Waals surface area contributed by atoms with Gasteiger partial charge in [-0.1, -0.05) is 14.0 Å². The lowest BCUT2D eigenvalue weighted by Crippen LogP contribution is -2.38. The van der Waals surface area contributed by atoms with E-state index < -0.39 is 0 Å². The first-order valence-corrected chi connectivity index (χ1v) is 3.96. The van der Waals surface area contributed by atoms with Crippen LogP contribution in [0.2, 0.25) is 0 Å². The van der Waals surface area contributed by atoms with Crippen molar-refractivity contribution in [2.45, 2.75) is 6.92 Å². The first-order chi connectivity index (χ1) is 5.33. The molecule has 0 rings (SSSR count). The number of rotatable bonds is 4. The second-order valence-electron chi connectivity index (χ2n) is 3.93. The minimum absolute atomic E-state index is 0. The monoisotopic (exact) mass is 187 g/mol. The van der Waals surface area contributed by atoms with E-state index in [2.05, 4.69) is 27.7 Å². The van der Waals surface area contributed by atoms with Crippen molar-refractivity contribution in [1.82, 2.24) is 0 Å². The van der Waals surface area contributed by atoms with Crippen molar-refractivity contribution in [2.24, 2.45) is 0 Å². The van der Waals surface area contributed by atoms with Crippen molar-refractivity contribution in [2.75, 3.05) is 34.3 Å². The fourth-order valence-corrected chi connectivity index (χ4v) is 0.535. The molecule has 0 spiro atoms. The molecule has 0 aliphatic rings. The third kappa shape index (κ3) is 9.08. The molecule has 77 valence electrons. The molecule has 0 fully saturated rings. The first-order valence-electron chi connectivity index (χ1n) is 3.96. The summed E-state index contributed by atoms with van der Waals surface area (Å²) in [6, 6.07) is 0. The topological polar surface area (TPSA) is 26.3 Å². The Morgan fingerprint density at radius 1 is 1.38 bits per heavy atom. The van der Waals surface area contributed by atoms with E-state index in [1.165, 1.54) is 0 Å². The van der Waals surface area contributed by atoms with Gasteiger partial charge in [0.2, 0.25) is 0 Å². The number of carbonyl (C=O) groups excluding carboxylic acids is 1. The van der Waals surface area contributed by atoms with Crippen LogP contribution in [0, 0.1) is 7.43 Å². The van der Waals surface area contributed by atoms with Crippen LogP contribution >= 0.6 is 0 Å². The van der Waals surface area contributed by atoms with Crippen LogP contribution in [0.25, 0.3) is 0 Å². The SMILES string of the molecule is C=C(C)C(=O)OCC[N+](C)(C)C.[CH3]. The molecule has 3 nitrogen and oxygen atoms in total. The lowest BCUT2D eigenvalue weighted by atomic mass is 10.4. The number of likely N-dealkylation sites (N-methyl/N-ethyl adjacent to an activating group) is 1. The smallest absolute Gasteiger partial charge is 0.333 e. The summed E-state index contributed by atoms with van der Waals surface area (Å²) >= 11 is 0. The molecule has 1 radical (unpaired) electrons. The second kappa shape index (κ2) is 5.75. The Hall–Kier alpha value is -0.830. The lowest BCUT2D eigenvalue weighted by Gasteiger charge is -2.23. The molecule has 0 saturated carbocycles. The molecule has 0 amide bonds. The highest BCUT2D eigenvalue weighted by Crippen LogP contribution is 1.94. The summed E-state index contributed by atoms with van der Waals surface area (Å²) in [6.07, 6.45) is 0. The van der Waals surface area contributed by atoms with Gasteiger partial charge >= 0.3 is 5.97 Å². The Balaban J connectivity index is 0. The Morgan fingerprint density at radius 3 is 2.15 bits per heavy atom. The van der Waals surface area contributed by atoms with Crippen molar-refractivity contribution >= 4 is 5.97 Å². The molecule has 0 aromatic rings. The van der Waals surface area contributed by atoms with Crippen molar-refractivity contribution in [3.05, 3.63) is 19.6 Å². The Morgan fingerprint density at radius 2 is 1.85 bits per heavy atom. The number of ether oxygens (including phenoxy) is 1. The summed E-state index contributed by atoms with van der Waals surface area (Å²) in [6.45, 7) is 6.41. The van der Waals surface area contributed by atoms with Crippen LogP contribution in [0.1, 0.15) is 6.92 Å². The van der Waals surface area contributed by atoms with E-state index in [4.69, 9.17) is 4.74 Å². The average Bonchev–Trinajstić information content (AvgIpc) is 1.84. The molecule has 0 N–H and O–H groups in total. The lowest BCUT2D eigenvalue weighted by molar-refractivity contribution is -0.870. The molecule has 3 heteroatoms. The Labute approximate surface area is 81.6 Å². The average molecular weight is 187 g/mol. The molecular weight excluding hydrogens is 166 g/mol. The zero-order valence-electron chi connectivity index (χ0n) is 9.39. The van der Waals surface area contributed by atoms with Gasteiger partial charge in [0.15, 0.2) is 0 Å². The van der Waals surface area contributed by atoms with Crippen LogP contribution < -0.4 is 0 Å². The number of esters is 1. The van der Waals surface area contributed by atoms with Gasteiger partial charge in [-0.3, -0.25) is 0 Å². The van der Waals surface area contributed by atoms with Gasteiger partial charge < -0.3 is 9.22 Å². The Bertz CT molecular complexity index is 180. The molecule has 0 atom stereocenters. The van der Waals surface area contributed by atoms with Crippen LogP contribution in [-0.2, 0) is 9.53 Å². The summed E-state index contributed by atoms with van der Waals surface area (Å²) in [7, 11) is 6.15. The van der Waals surface area contributed by atoms with Gasteiger partial charge in [-0.25, -0.2) is 4.79 Å². The van der Waals surface area contributed by atoms with Gasteiger partial charge in [-0.05, 0) is 6.92 Å². The van der Waals surface area contributed by atoms with E-state index in [0.29, 0.717) is 12.2 Å². The maximum absolute atomic E-state index is 10.9. The van der Waals surface area contributed by atoms with Gasteiger partial charge in [0.05, 0.1) is 21.1 Å². The molecule has 13 heavy (non-hydrogen) atoms. The third-order valence-corrected chi connectivity index (χ3v) is 1.34. The minimum Gasteiger partial charge on any atom is -0.456 e. The zero-order valence-corrected chi connectivity index (χ0v) is 9.39. The highest BCUT2D eigenvalue weighted by molar-refractivity contribution is 5.86. The number of nitrogens with zero attached hydrogens (tertiary/aromatic N) is 1. The maximum Gasteiger partial charge on any atom is 0.333 e.